The summed E-state index contributed by atoms with van der Waals surface area (Å²) >= 11 is 0. The summed E-state index contributed by atoms with van der Waals surface area (Å²) in [6, 6.07) is 65.3. The van der Waals surface area contributed by atoms with Crippen LogP contribution in [-0.2, 0) is 5.41 Å². The molecule has 52 heavy (non-hydrogen) atoms. The van der Waals surface area contributed by atoms with Gasteiger partial charge in [0.25, 0.3) is 0 Å². The maximum atomic E-state index is 6.63. The lowest BCUT2D eigenvalue weighted by Gasteiger charge is -2.45. The second-order valence-corrected chi connectivity index (χ2v) is 14.2. The molecule has 0 saturated carbocycles. The van der Waals surface area contributed by atoms with E-state index in [1.807, 2.05) is 0 Å². The molecule has 8 aromatic carbocycles. The lowest BCUT2D eigenvalue weighted by molar-refractivity contribution is 0.472. The molecule has 2 aliphatic rings. The van der Waals surface area contributed by atoms with Gasteiger partial charge in [-0.05, 0) is 93.4 Å². The van der Waals surface area contributed by atoms with Crippen LogP contribution >= 0.6 is 0 Å². The van der Waals surface area contributed by atoms with Crippen LogP contribution in [0.3, 0.4) is 0 Å². The summed E-state index contributed by atoms with van der Waals surface area (Å²) in [5.74, 6) is 1.78. The maximum Gasteiger partial charge on any atom is 0.152 e. The number of hydrogen-bond acceptors (Lipinski definition) is 3. The van der Waals surface area contributed by atoms with Crippen molar-refractivity contribution in [3.63, 3.8) is 0 Å². The van der Waals surface area contributed by atoms with Gasteiger partial charge in [0.2, 0.25) is 0 Å². The predicted molar refractivity (Wildman–Crippen MR) is 216 cm³/mol. The van der Waals surface area contributed by atoms with Crippen molar-refractivity contribution in [2.75, 3.05) is 9.80 Å². The Balaban J connectivity index is 1.02. The third kappa shape index (κ3) is 4.74. The first-order valence-corrected chi connectivity index (χ1v) is 17.9. The summed E-state index contributed by atoms with van der Waals surface area (Å²) in [6.07, 6.45) is 0. The smallest absolute Gasteiger partial charge is 0.152 e. The molecule has 10 rings (SSSR count). The SMILES string of the molecule is CC1(C)c2ccc(-c3ccc(-c4ccc(N(c5ccccc5)c5ccccc5)cc4)cc3)cc2N2c3c(cccc31)Oc1ccc3ccccc3c12. The molecule has 0 atom stereocenters. The Hall–Kier alpha value is -6.58. The van der Waals surface area contributed by atoms with E-state index in [0.717, 1.165) is 39.9 Å². The van der Waals surface area contributed by atoms with Crippen molar-refractivity contribution in [2.45, 2.75) is 19.3 Å². The van der Waals surface area contributed by atoms with Crippen molar-refractivity contribution in [3.05, 3.63) is 193 Å². The van der Waals surface area contributed by atoms with Crippen LogP contribution in [0, 0.1) is 0 Å². The molecular weight excluding hydrogens is 633 g/mol. The largest absolute Gasteiger partial charge is 0.453 e. The van der Waals surface area contributed by atoms with Gasteiger partial charge in [-0.15, -0.1) is 0 Å². The summed E-state index contributed by atoms with van der Waals surface area (Å²) in [4.78, 5) is 4.75. The number of para-hydroxylation sites is 3. The van der Waals surface area contributed by atoms with Crippen LogP contribution in [0.15, 0.2) is 182 Å². The van der Waals surface area contributed by atoms with Gasteiger partial charge in [0, 0.05) is 27.9 Å². The van der Waals surface area contributed by atoms with Crippen molar-refractivity contribution < 1.29 is 4.74 Å². The Bertz CT molecular complexity index is 2570. The van der Waals surface area contributed by atoms with Crippen molar-refractivity contribution >= 4 is 44.9 Å². The summed E-state index contributed by atoms with van der Waals surface area (Å²) in [5, 5.41) is 2.38. The van der Waals surface area contributed by atoms with E-state index in [4.69, 9.17) is 4.74 Å². The average Bonchev–Trinajstić information content (AvgIpc) is 3.20. The molecule has 2 heterocycles. The Morgan fingerprint density at radius 3 is 1.69 bits per heavy atom. The van der Waals surface area contributed by atoms with Gasteiger partial charge in [0.05, 0.1) is 17.1 Å². The van der Waals surface area contributed by atoms with E-state index in [0.29, 0.717) is 0 Å². The third-order valence-corrected chi connectivity index (χ3v) is 10.8. The zero-order chi connectivity index (χ0) is 34.8. The Labute approximate surface area is 304 Å². The zero-order valence-electron chi connectivity index (χ0n) is 29.1. The lowest BCUT2D eigenvalue weighted by Crippen LogP contribution is -2.32. The fraction of sp³-hybridized carbons (Fsp3) is 0.0612. The van der Waals surface area contributed by atoms with E-state index in [2.05, 4.69) is 206 Å². The highest BCUT2D eigenvalue weighted by atomic mass is 16.5. The second-order valence-electron chi connectivity index (χ2n) is 14.2. The first-order chi connectivity index (χ1) is 25.5. The molecule has 0 radical (unpaired) electrons. The minimum atomic E-state index is -0.201. The van der Waals surface area contributed by atoms with E-state index in [1.165, 1.54) is 49.8 Å². The number of benzene rings is 8. The molecule has 0 amide bonds. The monoisotopic (exact) mass is 668 g/mol. The van der Waals surface area contributed by atoms with E-state index in [-0.39, 0.29) is 5.41 Å². The van der Waals surface area contributed by atoms with Gasteiger partial charge >= 0.3 is 0 Å². The highest BCUT2D eigenvalue weighted by molar-refractivity contribution is 6.06. The Kier molecular flexibility index (Phi) is 6.84. The lowest BCUT2D eigenvalue weighted by atomic mass is 9.72. The second kappa shape index (κ2) is 11.8. The van der Waals surface area contributed by atoms with Crippen LogP contribution < -0.4 is 14.5 Å². The number of fused-ring (bicyclic) bond motifs is 6. The van der Waals surface area contributed by atoms with Gasteiger partial charge in [0.15, 0.2) is 11.5 Å². The van der Waals surface area contributed by atoms with Crippen LogP contribution in [0.25, 0.3) is 33.0 Å². The quantitative estimate of drug-likeness (QED) is 0.182. The van der Waals surface area contributed by atoms with Crippen LogP contribution in [-0.4, -0.2) is 0 Å². The first-order valence-electron chi connectivity index (χ1n) is 17.9. The highest BCUT2D eigenvalue weighted by Gasteiger charge is 2.42. The number of anilines is 6. The molecule has 3 heteroatoms. The van der Waals surface area contributed by atoms with Gasteiger partial charge in [-0.25, -0.2) is 0 Å². The fourth-order valence-corrected chi connectivity index (χ4v) is 8.19. The van der Waals surface area contributed by atoms with Crippen LogP contribution in [0.5, 0.6) is 11.5 Å². The van der Waals surface area contributed by atoms with E-state index >= 15 is 0 Å². The third-order valence-electron chi connectivity index (χ3n) is 10.8. The minimum absolute atomic E-state index is 0.201. The highest BCUT2D eigenvalue weighted by Crippen LogP contribution is 2.61. The number of nitrogens with zero attached hydrogens (tertiary/aromatic N) is 2. The van der Waals surface area contributed by atoms with Gasteiger partial charge in [-0.3, -0.25) is 0 Å². The molecule has 0 bridgehead atoms. The molecule has 0 N–H and O–H groups in total. The first kappa shape index (κ1) is 30.3. The van der Waals surface area contributed by atoms with Crippen molar-refractivity contribution in [1.82, 2.24) is 0 Å². The van der Waals surface area contributed by atoms with E-state index < -0.39 is 0 Å². The van der Waals surface area contributed by atoms with Gasteiger partial charge in [-0.1, -0.05) is 141 Å². The summed E-state index contributed by atoms with van der Waals surface area (Å²) in [5.41, 5.74) is 13.9. The molecule has 0 unspecified atom stereocenters. The molecular formula is C49H36N2O. The molecule has 0 fully saturated rings. The molecule has 2 aliphatic heterocycles. The average molecular weight is 669 g/mol. The molecule has 0 saturated heterocycles. The molecule has 248 valence electrons. The van der Waals surface area contributed by atoms with E-state index in [1.54, 1.807) is 0 Å². The molecule has 0 spiro atoms. The van der Waals surface area contributed by atoms with Crippen molar-refractivity contribution in [3.8, 4) is 33.8 Å². The van der Waals surface area contributed by atoms with Gasteiger partial charge < -0.3 is 14.5 Å². The zero-order valence-corrected chi connectivity index (χ0v) is 29.1. The molecule has 8 aromatic rings. The van der Waals surface area contributed by atoms with Crippen molar-refractivity contribution in [1.29, 1.82) is 0 Å². The number of rotatable bonds is 5. The fourth-order valence-electron chi connectivity index (χ4n) is 8.19. The normalized spacial score (nSPS) is 13.5. The van der Waals surface area contributed by atoms with Crippen LogP contribution in [0.4, 0.5) is 34.1 Å². The number of hydrogen-bond donors (Lipinski definition) is 0. The Morgan fingerprint density at radius 2 is 1.00 bits per heavy atom. The predicted octanol–water partition coefficient (Wildman–Crippen LogP) is 13.9. The molecule has 0 aromatic heterocycles. The summed E-state index contributed by atoms with van der Waals surface area (Å²) in [6.45, 7) is 4.66. The molecule has 0 aliphatic carbocycles. The standard InChI is InChI=1S/C49H36N2O/c1-49(2)42-30-26-37(32-44(42)51-47-41-17-10-9-12-36(41)27-31-46(47)52-45-19-11-18-43(49)48(45)51)35-22-20-33(21-23-35)34-24-28-40(29-25-34)50(38-13-5-3-6-14-38)39-15-7-4-8-16-39/h3-32H,1-2H3. The molecule has 3 nitrogen and oxygen atoms in total. The minimum Gasteiger partial charge on any atom is -0.453 e. The van der Waals surface area contributed by atoms with Gasteiger partial charge in [-0.2, -0.15) is 0 Å². The van der Waals surface area contributed by atoms with Crippen LogP contribution in [0.1, 0.15) is 25.0 Å². The maximum absolute atomic E-state index is 6.63. The van der Waals surface area contributed by atoms with Crippen molar-refractivity contribution in [2.24, 2.45) is 0 Å². The van der Waals surface area contributed by atoms with E-state index in [9.17, 15) is 0 Å². The number of ether oxygens (including phenoxy) is 1. The topological polar surface area (TPSA) is 15.7 Å². The summed E-state index contributed by atoms with van der Waals surface area (Å²) in [7, 11) is 0. The summed E-state index contributed by atoms with van der Waals surface area (Å²) < 4.78 is 6.63. The Morgan fingerprint density at radius 1 is 0.442 bits per heavy atom. The van der Waals surface area contributed by atoms with Gasteiger partial charge in [0.1, 0.15) is 0 Å². The van der Waals surface area contributed by atoms with Crippen LogP contribution in [0.2, 0.25) is 0 Å².